The van der Waals surface area contributed by atoms with Crippen molar-refractivity contribution in [1.29, 1.82) is 0 Å². The molecule has 1 aliphatic heterocycles. The highest BCUT2D eigenvalue weighted by Gasteiger charge is 2.22. The van der Waals surface area contributed by atoms with Gasteiger partial charge in [0, 0.05) is 31.9 Å². The Balaban J connectivity index is 1.75. The van der Waals surface area contributed by atoms with Crippen LogP contribution in [0, 0.1) is 6.92 Å². The molecule has 1 saturated heterocycles. The van der Waals surface area contributed by atoms with E-state index in [9.17, 15) is 9.59 Å². The number of carbonyl (C=O) groups is 2. The maximum Gasteiger partial charge on any atom is 0.409 e. The van der Waals surface area contributed by atoms with E-state index in [1.165, 1.54) is 0 Å². The van der Waals surface area contributed by atoms with Crippen LogP contribution in [0.15, 0.2) is 18.2 Å². The number of imidazole rings is 1. The number of carbonyl (C=O) groups excluding carboxylic acids is 1. The van der Waals surface area contributed by atoms with Gasteiger partial charge in [-0.15, -0.1) is 0 Å². The van der Waals surface area contributed by atoms with Crippen molar-refractivity contribution in [3.63, 3.8) is 0 Å². The lowest BCUT2D eigenvalue weighted by molar-refractivity contribution is -0.137. The molecule has 1 N–H and O–H groups in total. The molecule has 2 heterocycles. The third-order valence-corrected chi connectivity index (χ3v) is 4.39. The van der Waals surface area contributed by atoms with Gasteiger partial charge in [0.2, 0.25) is 0 Å². The normalized spacial score (nSPS) is 14.8. The lowest BCUT2D eigenvalue weighted by Gasteiger charge is -2.35. The number of hydrogen-bond donors (Lipinski definition) is 1. The molecule has 1 aliphatic rings. The number of carboxylic acids is 1. The highest BCUT2D eigenvalue weighted by molar-refractivity contribution is 5.82. The van der Waals surface area contributed by atoms with Gasteiger partial charge in [0.05, 0.1) is 17.6 Å². The monoisotopic (exact) mass is 346 g/mol. The van der Waals surface area contributed by atoms with Crippen LogP contribution in [-0.2, 0) is 16.1 Å². The predicted molar refractivity (Wildman–Crippen MR) is 92.9 cm³/mol. The maximum absolute atomic E-state index is 11.8. The summed E-state index contributed by atoms with van der Waals surface area (Å²) in [7, 11) is 0. The summed E-state index contributed by atoms with van der Waals surface area (Å²) in [6.45, 7) is 6.56. The molecule has 0 unspecified atom stereocenters. The van der Waals surface area contributed by atoms with E-state index in [4.69, 9.17) is 9.84 Å². The van der Waals surface area contributed by atoms with Crippen LogP contribution in [-0.4, -0.2) is 64.4 Å². The molecule has 3 rings (SSSR count). The fourth-order valence-corrected chi connectivity index (χ4v) is 3.13. The Labute approximate surface area is 145 Å². The van der Waals surface area contributed by atoms with E-state index in [0.717, 1.165) is 29.8 Å². The molecule has 0 saturated carbocycles. The fourth-order valence-electron chi connectivity index (χ4n) is 3.13. The van der Waals surface area contributed by atoms with Gasteiger partial charge in [-0.1, -0.05) is 0 Å². The molecule has 0 aliphatic carbocycles. The second kappa shape index (κ2) is 7.00. The van der Waals surface area contributed by atoms with E-state index in [0.29, 0.717) is 25.5 Å². The second-order valence-electron chi connectivity index (χ2n) is 5.98. The van der Waals surface area contributed by atoms with Gasteiger partial charge in [0.1, 0.15) is 12.4 Å². The molecular formula is C17H22N4O4. The van der Waals surface area contributed by atoms with Gasteiger partial charge in [-0.2, -0.15) is 0 Å². The Hall–Kier alpha value is -2.77. The smallest absolute Gasteiger partial charge is 0.409 e. The SMILES string of the molecule is CCOC(=O)N1CCN(c2ccc3c(c2)nc(C)n3CC(=O)O)CC1. The van der Waals surface area contributed by atoms with Crippen molar-refractivity contribution in [2.75, 3.05) is 37.7 Å². The summed E-state index contributed by atoms with van der Waals surface area (Å²) in [6.07, 6.45) is -0.263. The van der Waals surface area contributed by atoms with Gasteiger partial charge in [-0.05, 0) is 32.0 Å². The molecule has 1 fully saturated rings. The number of rotatable bonds is 4. The first kappa shape index (κ1) is 17.1. The topological polar surface area (TPSA) is 87.9 Å². The van der Waals surface area contributed by atoms with Gasteiger partial charge in [0.15, 0.2) is 0 Å². The molecule has 0 atom stereocenters. The molecule has 1 aromatic heterocycles. The third kappa shape index (κ3) is 3.52. The molecule has 0 radical (unpaired) electrons. The lowest BCUT2D eigenvalue weighted by atomic mass is 10.2. The van der Waals surface area contributed by atoms with Crippen molar-refractivity contribution in [2.45, 2.75) is 20.4 Å². The quantitative estimate of drug-likeness (QED) is 0.907. The molecular weight excluding hydrogens is 324 g/mol. The molecule has 134 valence electrons. The number of amides is 1. The first-order valence-electron chi connectivity index (χ1n) is 8.35. The minimum absolute atomic E-state index is 0.0973. The summed E-state index contributed by atoms with van der Waals surface area (Å²) in [5, 5.41) is 9.04. The number of carboxylic acid groups (broad SMARTS) is 1. The summed E-state index contributed by atoms with van der Waals surface area (Å²) in [5.74, 6) is -0.205. The fraction of sp³-hybridized carbons (Fsp3) is 0.471. The molecule has 8 nitrogen and oxygen atoms in total. The Morgan fingerprint density at radius 2 is 1.96 bits per heavy atom. The van der Waals surface area contributed by atoms with E-state index in [-0.39, 0.29) is 12.6 Å². The van der Waals surface area contributed by atoms with Crippen LogP contribution in [0.1, 0.15) is 12.7 Å². The van der Waals surface area contributed by atoms with Crippen molar-refractivity contribution < 1.29 is 19.4 Å². The summed E-state index contributed by atoms with van der Waals surface area (Å²) in [6, 6.07) is 5.86. The van der Waals surface area contributed by atoms with Crippen LogP contribution in [0.2, 0.25) is 0 Å². The highest BCUT2D eigenvalue weighted by Crippen LogP contribution is 2.24. The van der Waals surface area contributed by atoms with Gasteiger partial charge in [-0.25, -0.2) is 9.78 Å². The van der Waals surface area contributed by atoms with Crippen LogP contribution in [0.4, 0.5) is 10.5 Å². The van der Waals surface area contributed by atoms with Crippen molar-refractivity contribution in [2.24, 2.45) is 0 Å². The standard InChI is InChI=1S/C17H22N4O4/c1-3-25-17(24)20-8-6-19(7-9-20)13-4-5-15-14(10-13)18-12(2)21(15)11-16(22)23/h4-5,10H,3,6-9,11H2,1-2H3,(H,22,23). The number of piperazine rings is 1. The van der Waals surface area contributed by atoms with E-state index < -0.39 is 5.97 Å². The first-order chi connectivity index (χ1) is 12.0. The minimum Gasteiger partial charge on any atom is -0.480 e. The van der Waals surface area contributed by atoms with Crippen LogP contribution >= 0.6 is 0 Å². The molecule has 8 heteroatoms. The number of hydrogen-bond acceptors (Lipinski definition) is 5. The van der Waals surface area contributed by atoms with Crippen LogP contribution in [0.5, 0.6) is 0 Å². The van der Waals surface area contributed by atoms with Crippen molar-refractivity contribution in [1.82, 2.24) is 14.5 Å². The van der Waals surface area contributed by atoms with Gasteiger partial charge >= 0.3 is 12.1 Å². The average Bonchev–Trinajstić information content (AvgIpc) is 2.89. The lowest BCUT2D eigenvalue weighted by Crippen LogP contribution is -2.49. The van der Waals surface area contributed by atoms with E-state index in [1.54, 1.807) is 23.3 Å². The largest absolute Gasteiger partial charge is 0.480 e. The number of aliphatic carboxylic acids is 1. The number of ether oxygens (including phenoxy) is 1. The van der Waals surface area contributed by atoms with Crippen molar-refractivity contribution >= 4 is 28.8 Å². The van der Waals surface area contributed by atoms with Gasteiger partial charge in [0.25, 0.3) is 0 Å². The third-order valence-electron chi connectivity index (χ3n) is 4.39. The molecule has 0 spiro atoms. The van der Waals surface area contributed by atoms with E-state index >= 15 is 0 Å². The zero-order chi connectivity index (χ0) is 18.0. The Bertz CT molecular complexity index is 793. The van der Waals surface area contributed by atoms with E-state index in [1.807, 2.05) is 18.2 Å². The van der Waals surface area contributed by atoms with Crippen LogP contribution in [0.3, 0.4) is 0 Å². The van der Waals surface area contributed by atoms with E-state index in [2.05, 4.69) is 9.88 Å². The van der Waals surface area contributed by atoms with Crippen LogP contribution < -0.4 is 4.90 Å². The number of aromatic nitrogens is 2. The van der Waals surface area contributed by atoms with Crippen molar-refractivity contribution in [3.8, 4) is 0 Å². The number of nitrogens with zero attached hydrogens (tertiary/aromatic N) is 4. The number of aryl methyl sites for hydroxylation is 1. The zero-order valence-corrected chi connectivity index (χ0v) is 14.4. The minimum atomic E-state index is -0.887. The van der Waals surface area contributed by atoms with Crippen LogP contribution in [0.25, 0.3) is 11.0 Å². The molecule has 25 heavy (non-hydrogen) atoms. The average molecular weight is 346 g/mol. The zero-order valence-electron chi connectivity index (χ0n) is 14.4. The first-order valence-corrected chi connectivity index (χ1v) is 8.35. The molecule has 2 aromatic rings. The number of anilines is 1. The number of fused-ring (bicyclic) bond motifs is 1. The summed E-state index contributed by atoms with van der Waals surface area (Å²) in [4.78, 5) is 31.2. The summed E-state index contributed by atoms with van der Waals surface area (Å²) >= 11 is 0. The number of benzene rings is 1. The Morgan fingerprint density at radius 3 is 2.60 bits per heavy atom. The molecule has 1 aromatic carbocycles. The Kier molecular flexibility index (Phi) is 4.78. The summed E-state index contributed by atoms with van der Waals surface area (Å²) in [5.41, 5.74) is 2.62. The molecule has 0 bridgehead atoms. The highest BCUT2D eigenvalue weighted by atomic mass is 16.6. The van der Waals surface area contributed by atoms with Crippen molar-refractivity contribution in [3.05, 3.63) is 24.0 Å². The summed E-state index contributed by atoms with van der Waals surface area (Å²) < 4.78 is 6.73. The van der Waals surface area contributed by atoms with Gasteiger partial charge < -0.3 is 24.2 Å². The predicted octanol–water partition coefficient (Wildman–Crippen LogP) is 1.71. The maximum atomic E-state index is 11.8. The molecule has 1 amide bonds. The second-order valence-corrected chi connectivity index (χ2v) is 5.98. The van der Waals surface area contributed by atoms with Gasteiger partial charge in [-0.3, -0.25) is 4.79 Å². The Morgan fingerprint density at radius 1 is 1.24 bits per heavy atom.